The molecule has 0 aliphatic heterocycles. The zero-order valence-corrected chi connectivity index (χ0v) is 12.7. The molecule has 108 valence electrons. The molecule has 8 heteroatoms. The Labute approximate surface area is 125 Å². The van der Waals surface area contributed by atoms with Crippen molar-refractivity contribution in [3.63, 3.8) is 0 Å². The van der Waals surface area contributed by atoms with E-state index in [9.17, 15) is 4.79 Å². The minimum Gasteiger partial charge on any atom is -0.320 e. The first kappa shape index (κ1) is 13.6. The summed E-state index contributed by atoms with van der Waals surface area (Å²) < 4.78 is 5.55. The normalized spacial score (nSPS) is 11.0. The van der Waals surface area contributed by atoms with Gasteiger partial charge in [-0.05, 0) is 30.9 Å². The highest BCUT2D eigenvalue weighted by Gasteiger charge is 2.16. The highest BCUT2D eigenvalue weighted by Crippen LogP contribution is 2.20. The van der Waals surface area contributed by atoms with E-state index in [0.29, 0.717) is 22.7 Å². The molecule has 0 aromatic carbocycles. The van der Waals surface area contributed by atoms with Crippen molar-refractivity contribution in [2.75, 3.05) is 5.32 Å². The first-order valence-corrected chi connectivity index (χ1v) is 7.29. The standard InChI is InChI=1S/C13H14N6OS/c1-4-10-11(21-18-16-10)13(20)15-8-5-9-7(2)17-19(3)12(9)14-6-8/h5-6H,4H2,1-3H3,(H,15,20). The molecular weight excluding hydrogens is 288 g/mol. The average Bonchev–Trinajstić information content (AvgIpc) is 3.04. The molecule has 0 saturated carbocycles. The molecule has 0 radical (unpaired) electrons. The fourth-order valence-corrected chi connectivity index (χ4v) is 2.82. The molecule has 0 unspecified atom stereocenters. The number of anilines is 1. The summed E-state index contributed by atoms with van der Waals surface area (Å²) in [5.41, 5.74) is 3.02. The summed E-state index contributed by atoms with van der Waals surface area (Å²) in [5, 5.41) is 12.0. The van der Waals surface area contributed by atoms with Crippen molar-refractivity contribution in [2.45, 2.75) is 20.3 Å². The van der Waals surface area contributed by atoms with E-state index in [0.717, 1.165) is 28.3 Å². The lowest BCUT2D eigenvalue weighted by molar-refractivity contribution is 0.102. The largest absolute Gasteiger partial charge is 0.320 e. The predicted molar refractivity (Wildman–Crippen MR) is 80.5 cm³/mol. The Hall–Kier alpha value is -2.35. The van der Waals surface area contributed by atoms with E-state index >= 15 is 0 Å². The topological polar surface area (TPSA) is 85.6 Å². The van der Waals surface area contributed by atoms with Crippen LogP contribution in [0.5, 0.6) is 0 Å². The summed E-state index contributed by atoms with van der Waals surface area (Å²) in [4.78, 5) is 17.1. The van der Waals surface area contributed by atoms with Crippen LogP contribution in [-0.2, 0) is 13.5 Å². The molecule has 0 fully saturated rings. The van der Waals surface area contributed by atoms with Gasteiger partial charge in [0.25, 0.3) is 5.91 Å². The number of hydrogen-bond acceptors (Lipinski definition) is 6. The number of aromatic nitrogens is 5. The first-order chi connectivity index (χ1) is 10.1. The average molecular weight is 302 g/mol. The van der Waals surface area contributed by atoms with Crippen LogP contribution in [0.3, 0.4) is 0 Å². The number of nitrogens with one attached hydrogen (secondary N) is 1. The summed E-state index contributed by atoms with van der Waals surface area (Å²) in [6.45, 7) is 3.86. The number of pyridine rings is 1. The Morgan fingerprint density at radius 1 is 1.48 bits per heavy atom. The van der Waals surface area contributed by atoms with E-state index in [4.69, 9.17) is 0 Å². The zero-order chi connectivity index (χ0) is 15.0. The van der Waals surface area contributed by atoms with Crippen LogP contribution in [0.1, 0.15) is 28.0 Å². The summed E-state index contributed by atoms with van der Waals surface area (Å²) in [7, 11) is 1.84. The van der Waals surface area contributed by atoms with Gasteiger partial charge in [0, 0.05) is 12.4 Å². The maximum atomic E-state index is 12.3. The summed E-state index contributed by atoms with van der Waals surface area (Å²) in [5.74, 6) is -0.204. The van der Waals surface area contributed by atoms with Gasteiger partial charge in [-0.3, -0.25) is 9.48 Å². The molecule has 3 rings (SSSR count). The maximum Gasteiger partial charge on any atom is 0.269 e. The molecule has 1 N–H and O–H groups in total. The number of rotatable bonds is 3. The number of hydrogen-bond donors (Lipinski definition) is 1. The van der Waals surface area contributed by atoms with Crippen molar-refractivity contribution in [3.05, 3.63) is 28.5 Å². The van der Waals surface area contributed by atoms with E-state index in [2.05, 4.69) is 25.0 Å². The Bertz CT molecular complexity index is 821. The van der Waals surface area contributed by atoms with Crippen LogP contribution in [0.15, 0.2) is 12.3 Å². The Kier molecular flexibility index (Phi) is 3.38. The van der Waals surface area contributed by atoms with Crippen molar-refractivity contribution in [1.82, 2.24) is 24.4 Å². The molecule has 3 heterocycles. The lowest BCUT2D eigenvalue weighted by Gasteiger charge is -2.04. The van der Waals surface area contributed by atoms with E-state index in [1.54, 1.807) is 10.9 Å². The van der Waals surface area contributed by atoms with Gasteiger partial charge in [-0.25, -0.2) is 4.98 Å². The van der Waals surface area contributed by atoms with Crippen LogP contribution in [0.2, 0.25) is 0 Å². The van der Waals surface area contributed by atoms with Crippen molar-refractivity contribution in [3.8, 4) is 0 Å². The van der Waals surface area contributed by atoms with Crippen LogP contribution in [0.25, 0.3) is 11.0 Å². The fraction of sp³-hybridized carbons (Fsp3) is 0.308. The van der Waals surface area contributed by atoms with Crippen LogP contribution in [0.4, 0.5) is 5.69 Å². The van der Waals surface area contributed by atoms with E-state index in [-0.39, 0.29) is 5.91 Å². The van der Waals surface area contributed by atoms with Gasteiger partial charge in [0.1, 0.15) is 4.88 Å². The SMILES string of the molecule is CCc1nnsc1C(=O)Nc1cnc2c(c1)c(C)nn2C. The number of carbonyl (C=O) groups is 1. The van der Waals surface area contributed by atoms with Crippen LogP contribution >= 0.6 is 11.5 Å². The van der Waals surface area contributed by atoms with Crippen LogP contribution in [0, 0.1) is 6.92 Å². The van der Waals surface area contributed by atoms with E-state index in [1.807, 2.05) is 27.0 Å². The van der Waals surface area contributed by atoms with E-state index < -0.39 is 0 Å². The molecule has 3 aromatic rings. The maximum absolute atomic E-state index is 12.3. The van der Waals surface area contributed by atoms with Crippen molar-refractivity contribution in [2.24, 2.45) is 7.05 Å². The van der Waals surface area contributed by atoms with Crippen LogP contribution in [-0.4, -0.2) is 30.3 Å². The lowest BCUT2D eigenvalue weighted by atomic mass is 10.2. The molecule has 0 aliphatic rings. The van der Waals surface area contributed by atoms with Gasteiger partial charge in [-0.1, -0.05) is 11.4 Å². The molecule has 0 aliphatic carbocycles. The minimum atomic E-state index is -0.204. The molecule has 1 amide bonds. The third kappa shape index (κ3) is 2.38. The van der Waals surface area contributed by atoms with Gasteiger partial charge >= 0.3 is 0 Å². The highest BCUT2D eigenvalue weighted by atomic mass is 32.1. The predicted octanol–water partition coefficient (Wildman–Crippen LogP) is 1.94. The first-order valence-electron chi connectivity index (χ1n) is 6.52. The number of amides is 1. The highest BCUT2D eigenvalue weighted by molar-refractivity contribution is 7.08. The number of nitrogens with zero attached hydrogens (tertiary/aromatic N) is 5. The lowest BCUT2D eigenvalue weighted by Crippen LogP contribution is -2.12. The fourth-order valence-electron chi connectivity index (χ4n) is 2.18. The molecule has 0 atom stereocenters. The summed E-state index contributed by atoms with van der Waals surface area (Å²) in [6.07, 6.45) is 2.31. The summed E-state index contributed by atoms with van der Waals surface area (Å²) >= 11 is 1.10. The minimum absolute atomic E-state index is 0.204. The second-order valence-corrected chi connectivity index (χ2v) is 5.41. The molecule has 0 spiro atoms. The van der Waals surface area contributed by atoms with Gasteiger partial charge in [0.2, 0.25) is 0 Å². The zero-order valence-electron chi connectivity index (χ0n) is 11.9. The van der Waals surface area contributed by atoms with Gasteiger partial charge in [-0.2, -0.15) is 5.10 Å². The van der Waals surface area contributed by atoms with Gasteiger partial charge in [-0.15, -0.1) is 5.10 Å². The Morgan fingerprint density at radius 3 is 3.05 bits per heavy atom. The quantitative estimate of drug-likeness (QED) is 0.799. The molecule has 3 aromatic heterocycles. The Balaban J connectivity index is 1.91. The number of aryl methyl sites for hydroxylation is 3. The molecular formula is C13H14N6OS. The smallest absolute Gasteiger partial charge is 0.269 e. The van der Waals surface area contributed by atoms with Gasteiger partial charge in [0.15, 0.2) is 5.65 Å². The second kappa shape index (κ2) is 5.21. The monoisotopic (exact) mass is 302 g/mol. The Morgan fingerprint density at radius 2 is 2.29 bits per heavy atom. The van der Waals surface area contributed by atoms with Crippen LogP contribution < -0.4 is 5.32 Å². The molecule has 7 nitrogen and oxygen atoms in total. The second-order valence-electron chi connectivity index (χ2n) is 4.66. The molecule has 21 heavy (non-hydrogen) atoms. The van der Waals surface area contributed by atoms with Crippen molar-refractivity contribution in [1.29, 1.82) is 0 Å². The molecule has 0 saturated heterocycles. The number of carbonyl (C=O) groups excluding carboxylic acids is 1. The third-order valence-electron chi connectivity index (χ3n) is 3.22. The van der Waals surface area contributed by atoms with Gasteiger partial charge in [0.05, 0.1) is 23.3 Å². The summed E-state index contributed by atoms with van der Waals surface area (Å²) in [6, 6.07) is 1.88. The third-order valence-corrected chi connectivity index (χ3v) is 3.98. The van der Waals surface area contributed by atoms with Crippen molar-refractivity contribution >= 4 is 34.2 Å². The van der Waals surface area contributed by atoms with E-state index in [1.165, 1.54) is 0 Å². The molecule has 0 bridgehead atoms. The number of fused-ring (bicyclic) bond motifs is 1. The van der Waals surface area contributed by atoms with Gasteiger partial charge < -0.3 is 5.32 Å². The van der Waals surface area contributed by atoms with Crippen molar-refractivity contribution < 1.29 is 4.79 Å².